The van der Waals surface area contributed by atoms with E-state index < -0.39 is 11.2 Å². The van der Waals surface area contributed by atoms with Crippen LogP contribution >= 0.6 is 0 Å². The molecule has 0 saturated carbocycles. The van der Waals surface area contributed by atoms with Crippen LogP contribution in [0.25, 0.3) is 0 Å². The van der Waals surface area contributed by atoms with Crippen molar-refractivity contribution in [1.29, 1.82) is 0 Å². The number of nitrogens with one attached hydrogen (secondary N) is 3. The number of amides is 1. The highest BCUT2D eigenvalue weighted by Crippen LogP contribution is 2.10. The Morgan fingerprint density at radius 1 is 1.43 bits per heavy atom. The van der Waals surface area contributed by atoms with Crippen molar-refractivity contribution in [1.82, 2.24) is 20.2 Å². The number of aromatic amines is 2. The summed E-state index contributed by atoms with van der Waals surface area (Å²) in [4.78, 5) is 41.5. The first kappa shape index (κ1) is 15.5. The number of hydrogen-bond acceptors (Lipinski definition) is 4. The molecule has 1 atom stereocenters. The maximum atomic E-state index is 12.6. The Hall–Kier alpha value is -1.89. The van der Waals surface area contributed by atoms with Crippen LogP contribution in [0, 0.1) is 5.92 Å². The Labute approximate surface area is 122 Å². The van der Waals surface area contributed by atoms with E-state index >= 15 is 0 Å². The lowest BCUT2D eigenvalue weighted by molar-refractivity contribution is 0.0719. The normalized spacial score (nSPS) is 18.1. The van der Waals surface area contributed by atoms with Gasteiger partial charge in [-0.3, -0.25) is 14.6 Å². The molecule has 2 heterocycles. The number of nitrogens with zero attached hydrogens (tertiary/aromatic N) is 1. The fraction of sp³-hybridized carbons (Fsp3) is 0.643. The molecule has 3 N–H and O–H groups in total. The van der Waals surface area contributed by atoms with Crippen molar-refractivity contribution in [3.8, 4) is 0 Å². The Kier molecular flexibility index (Phi) is 4.95. The molecule has 0 aliphatic carbocycles. The van der Waals surface area contributed by atoms with Crippen LogP contribution in [0.4, 0.5) is 0 Å². The van der Waals surface area contributed by atoms with Gasteiger partial charge in [-0.15, -0.1) is 0 Å². The molecule has 1 aromatic rings. The van der Waals surface area contributed by atoms with Crippen LogP contribution < -0.4 is 16.6 Å². The highest BCUT2D eigenvalue weighted by Gasteiger charge is 2.24. The van der Waals surface area contributed by atoms with Gasteiger partial charge in [0.15, 0.2) is 0 Å². The summed E-state index contributed by atoms with van der Waals surface area (Å²) in [5.74, 6) is -0.0351. The van der Waals surface area contributed by atoms with Gasteiger partial charge in [-0.2, -0.15) is 0 Å². The molecule has 1 aliphatic heterocycles. The van der Waals surface area contributed by atoms with Crippen LogP contribution in [0.3, 0.4) is 0 Å². The summed E-state index contributed by atoms with van der Waals surface area (Å²) in [7, 11) is 0. The predicted octanol–water partition coefficient (Wildman–Crippen LogP) is -0.0866. The average Bonchev–Trinajstić information content (AvgIpc) is 2.89. The Morgan fingerprint density at radius 2 is 2.19 bits per heavy atom. The Bertz CT molecular complexity index is 599. The first-order valence-electron chi connectivity index (χ1n) is 7.32. The minimum atomic E-state index is -0.642. The lowest BCUT2D eigenvalue weighted by Gasteiger charge is -2.27. The van der Waals surface area contributed by atoms with Crippen LogP contribution in [0.5, 0.6) is 0 Å². The first-order chi connectivity index (χ1) is 9.97. The standard InChI is InChI=1S/C14H22N4O3/c1-9(2)7-18(8-10-4-3-5-15-10)13(20)11-6-16-14(21)17-12(11)19/h6,9-10,15H,3-5,7-8H2,1-2H3,(H2,16,17,19,21). The molecule has 0 radical (unpaired) electrons. The van der Waals surface area contributed by atoms with Crippen LogP contribution in [0.1, 0.15) is 37.0 Å². The summed E-state index contributed by atoms with van der Waals surface area (Å²) >= 11 is 0. The zero-order valence-electron chi connectivity index (χ0n) is 12.4. The largest absolute Gasteiger partial charge is 0.337 e. The second-order valence-corrected chi connectivity index (χ2v) is 5.88. The van der Waals surface area contributed by atoms with Crippen molar-refractivity contribution in [3.63, 3.8) is 0 Å². The molecule has 1 unspecified atom stereocenters. The maximum Gasteiger partial charge on any atom is 0.325 e. The van der Waals surface area contributed by atoms with Gasteiger partial charge in [0.2, 0.25) is 0 Å². The topological polar surface area (TPSA) is 98.1 Å². The van der Waals surface area contributed by atoms with Crippen LogP contribution in [0.2, 0.25) is 0 Å². The smallest absolute Gasteiger partial charge is 0.325 e. The second kappa shape index (κ2) is 6.71. The molecule has 21 heavy (non-hydrogen) atoms. The molecule has 1 fully saturated rings. The lowest BCUT2D eigenvalue weighted by Crippen LogP contribution is -2.44. The van der Waals surface area contributed by atoms with E-state index in [0.29, 0.717) is 19.0 Å². The van der Waals surface area contributed by atoms with E-state index in [2.05, 4.69) is 15.3 Å². The van der Waals surface area contributed by atoms with Crippen molar-refractivity contribution in [2.75, 3.05) is 19.6 Å². The molecule has 0 bridgehead atoms. The average molecular weight is 294 g/mol. The fourth-order valence-corrected chi connectivity index (χ4v) is 2.60. The molecule has 1 aliphatic rings. The van der Waals surface area contributed by atoms with Gasteiger partial charge in [-0.05, 0) is 25.3 Å². The van der Waals surface area contributed by atoms with Crippen molar-refractivity contribution in [2.45, 2.75) is 32.7 Å². The molecule has 0 aromatic carbocycles. The van der Waals surface area contributed by atoms with E-state index in [-0.39, 0.29) is 17.5 Å². The van der Waals surface area contributed by atoms with Gasteiger partial charge in [0.1, 0.15) is 5.56 Å². The van der Waals surface area contributed by atoms with Gasteiger partial charge < -0.3 is 15.2 Å². The number of H-pyrrole nitrogens is 2. The molecular weight excluding hydrogens is 272 g/mol. The van der Waals surface area contributed by atoms with Crippen molar-refractivity contribution >= 4 is 5.91 Å². The molecule has 1 amide bonds. The predicted molar refractivity (Wildman–Crippen MR) is 79.4 cm³/mol. The Morgan fingerprint density at radius 3 is 2.76 bits per heavy atom. The maximum absolute atomic E-state index is 12.6. The molecular formula is C14H22N4O3. The highest BCUT2D eigenvalue weighted by atomic mass is 16.2. The lowest BCUT2D eigenvalue weighted by atomic mass is 10.1. The molecule has 0 spiro atoms. The van der Waals surface area contributed by atoms with E-state index in [1.165, 1.54) is 6.20 Å². The van der Waals surface area contributed by atoms with Gasteiger partial charge in [0.05, 0.1) is 0 Å². The SMILES string of the molecule is CC(C)CN(CC1CCCN1)C(=O)c1c[nH]c(=O)[nH]c1=O. The highest BCUT2D eigenvalue weighted by molar-refractivity contribution is 5.93. The van der Waals surface area contributed by atoms with Gasteiger partial charge in [-0.25, -0.2) is 4.79 Å². The molecule has 7 nitrogen and oxygen atoms in total. The quantitative estimate of drug-likeness (QED) is 0.707. The summed E-state index contributed by atoms with van der Waals surface area (Å²) in [6.45, 7) is 6.18. The third kappa shape index (κ3) is 4.04. The fourth-order valence-electron chi connectivity index (χ4n) is 2.60. The third-order valence-electron chi connectivity index (χ3n) is 3.53. The Balaban J connectivity index is 2.19. The third-order valence-corrected chi connectivity index (χ3v) is 3.53. The van der Waals surface area contributed by atoms with Gasteiger partial charge in [0, 0.05) is 25.3 Å². The van der Waals surface area contributed by atoms with E-state index in [0.717, 1.165) is 19.4 Å². The van der Waals surface area contributed by atoms with Crippen molar-refractivity contribution in [2.24, 2.45) is 5.92 Å². The number of carbonyl (C=O) groups excluding carboxylic acids is 1. The molecule has 2 rings (SSSR count). The van der Waals surface area contributed by atoms with Gasteiger partial charge in [0.25, 0.3) is 11.5 Å². The minimum Gasteiger partial charge on any atom is -0.337 e. The monoisotopic (exact) mass is 294 g/mol. The minimum absolute atomic E-state index is 0.0201. The number of aromatic nitrogens is 2. The summed E-state index contributed by atoms with van der Waals surface area (Å²) in [5, 5.41) is 3.35. The zero-order chi connectivity index (χ0) is 15.4. The van der Waals surface area contributed by atoms with Crippen molar-refractivity contribution < 1.29 is 4.79 Å². The number of carbonyl (C=O) groups is 1. The van der Waals surface area contributed by atoms with Gasteiger partial charge >= 0.3 is 5.69 Å². The van der Waals surface area contributed by atoms with E-state index in [4.69, 9.17) is 0 Å². The van der Waals surface area contributed by atoms with E-state index in [1.807, 2.05) is 13.8 Å². The molecule has 116 valence electrons. The molecule has 1 saturated heterocycles. The number of rotatable bonds is 5. The van der Waals surface area contributed by atoms with E-state index in [9.17, 15) is 14.4 Å². The van der Waals surface area contributed by atoms with Crippen LogP contribution in [0.15, 0.2) is 15.8 Å². The first-order valence-corrected chi connectivity index (χ1v) is 7.32. The van der Waals surface area contributed by atoms with Crippen LogP contribution in [-0.4, -0.2) is 46.5 Å². The molecule has 7 heteroatoms. The molecule has 1 aromatic heterocycles. The second-order valence-electron chi connectivity index (χ2n) is 5.88. The van der Waals surface area contributed by atoms with E-state index in [1.54, 1.807) is 4.90 Å². The van der Waals surface area contributed by atoms with Gasteiger partial charge in [-0.1, -0.05) is 13.8 Å². The zero-order valence-corrected chi connectivity index (χ0v) is 12.4. The van der Waals surface area contributed by atoms with Crippen LogP contribution in [-0.2, 0) is 0 Å². The summed E-state index contributed by atoms with van der Waals surface area (Å²) in [6, 6.07) is 0.273. The number of hydrogen-bond donors (Lipinski definition) is 3. The van der Waals surface area contributed by atoms with Crippen molar-refractivity contribution in [3.05, 3.63) is 32.6 Å². The summed E-state index contributed by atoms with van der Waals surface area (Å²) in [5.41, 5.74) is -1.27. The summed E-state index contributed by atoms with van der Waals surface area (Å²) in [6.07, 6.45) is 3.33. The summed E-state index contributed by atoms with van der Waals surface area (Å²) < 4.78 is 0.